The molecule has 2 fully saturated rings. The molecule has 0 amide bonds. The highest BCUT2D eigenvalue weighted by atomic mass is 19.4. The second-order valence-electron chi connectivity index (χ2n) is 8.07. The number of benzene rings is 2. The lowest BCUT2D eigenvalue weighted by Gasteiger charge is -2.31. The number of alkyl halides is 3. The van der Waals surface area contributed by atoms with E-state index < -0.39 is 105 Å². The van der Waals surface area contributed by atoms with E-state index in [0.717, 1.165) is 24.3 Å². The van der Waals surface area contributed by atoms with Crippen molar-refractivity contribution >= 4 is 5.71 Å². The van der Waals surface area contributed by atoms with Crippen LogP contribution in [0.4, 0.5) is 13.2 Å². The summed E-state index contributed by atoms with van der Waals surface area (Å²) >= 11 is 0. The van der Waals surface area contributed by atoms with Gasteiger partial charge in [-0.2, -0.15) is 13.2 Å². The van der Waals surface area contributed by atoms with Gasteiger partial charge in [-0.15, -0.1) is 0 Å². The largest absolute Gasteiger partial charge is 0.416 e. The van der Waals surface area contributed by atoms with Gasteiger partial charge in [0.2, 0.25) is 0 Å². The van der Waals surface area contributed by atoms with E-state index in [1.54, 1.807) is 0 Å². The summed E-state index contributed by atoms with van der Waals surface area (Å²) in [4.78, 5) is 6.46. The Morgan fingerprint density at radius 2 is 1.97 bits per heavy atom. The van der Waals surface area contributed by atoms with Gasteiger partial charge < -0.3 is 4.84 Å². The van der Waals surface area contributed by atoms with Gasteiger partial charge in [-0.3, -0.25) is 4.90 Å². The molecule has 0 unspecified atom stereocenters. The van der Waals surface area contributed by atoms with Crippen LogP contribution in [0.2, 0.25) is 0 Å². The molecular weight excluding hydrogens is 449 g/mol. The number of rotatable bonds is 8. The second kappa shape index (κ2) is 11.2. The lowest BCUT2D eigenvalue weighted by atomic mass is 9.78. The van der Waals surface area contributed by atoms with Gasteiger partial charge in [-0.1, -0.05) is 55.9 Å². The van der Waals surface area contributed by atoms with E-state index in [-0.39, 0.29) is 24.2 Å². The molecule has 0 aromatic heterocycles. The highest BCUT2D eigenvalue weighted by Gasteiger charge is 2.36. The van der Waals surface area contributed by atoms with Crippen molar-refractivity contribution in [3.8, 4) is 0 Å². The topological polar surface area (TPSA) is 24.8 Å². The van der Waals surface area contributed by atoms with E-state index >= 15 is 0 Å². The molecule has 0 atom stereocenters. The fourth-order valence-corrected chi connectivity index (χ4v) is 3.49. The Balaban J connectivity index is 1.79. The summed E-state index contributed by atoms with van der Waals surface area (Å²) in [6, 6.07) is 4.80. The van der Waals surface area contributed by atoms with Crippen LogP contribution in [0.25, 0.3) is 0 Å². The van der Waals surface area contributed by atoms with E-state index in [1.807, 2.05) is 0 Å². The molecule has 0 N–H and O–H groups in total. The lowest BCUT2D eigenvalue weighted by molar-refractivity contribution is -0.138. The van der Waals surface area contributed by atoms with Crippen molar-refractivity contribution in [3.05, 3.63) is 69.8 Å². The van der Waals surface area contributed by atoms with Gasteiger partial charge in [-0.05, 0) is 97.2 Å². The van der Waals surface area contributed by atoms with Crippen LogP contribution in [-0.2, 0) is 30.5 Å². The minimum Gasteiger partial charge on any atom is -0.391 e. The second-order valence-corrected chi connectivity index (χ2v) is 8.07. The van der Waals surface area contributed by atoms with Crippen molar-refractivity contribution < 1.29 is 44.1 Å². The third-order valence-corrected chi connectivity index (χ3v) is 5.49. The van der Waals surface area contributed by atoms with E-state index in [4.69, 9.17) is 30.9 Å². The Morgan fingerprint density at radius 3 is 2.63 bits per heavy atom. The van der Waals surface area contributed by atoms with Crippen LogP contribution in [0.15, 0.2) is 41.6 Å². The molecule has 1 aliphatic heterocycles. The van der Waals surface area contributed by atoms with Crippen LogP contribution in [0.5, 0.6) is 0 Å². The average molecular weight is 506 g/mol. The van der Waals surface area contributed by atoms with Gasteiger partial charge in [0.05, 0.1) is 11.3 Å². The van der Waals surface area contributed by atoms with Crippen LogP contribution in [-0.4, -0.2) is 23.7 Å². The first-order valence-electron chi connectivity index (χ1n) is 20.3. The molecule has 3 nitrogen and oxygen atoms in total. The zero-order chi connectivity index (χ0) is 41.7. The van der Waals surface area contributed by atoms with Crippen molar-refractivity contribution in [2.75, 3.05) is 13.1 Å². The van der Waals surface area contributed by atoms with Crippen molar-refractivity contribution in [2.24, 2.45) is 11.0 Å². The summed E-state index contributed by atoms with van der Waals surface area (Å²) in [5.41, 5.74) is -5.61. The zero-order valence-electron chi connectivity index (χ0n) is 37.8. The Kier molecular flexibility index (Phi) is 3.49. The Labute approximate surface area is 234 Å². The monoisotopic (exact) mass is 505 g/mol. The van der Waals surface area contributed by atoms with Crippen molar-refractivity contribution in [3.63, 3.8) is 0 Å². The number of hydrogen-bond donors (Lipinski definition) is 0. The maximum Gasteiger partial charge on any atom is 0.416 e. The smallest absolute Gasteiger partial charge is 0.391 e. The van der Waals surface area contributed by atoms with Gasteiger partial charge in [0.25, 0.3) is 0 Å². The fraction of sp³-hybridized carbons (Fsp3) is 0.552. The molecule has 2 aromatic rings. The summed E-state index contributed by atoms with van der Waals surface area (Å²) in [6.07, 6.45) is -22.1. The van der Waals surface area contributed by atoms with E-state index in [9.17, 15) is 13.2 Å². The molecule has 0 radical (unpaired) electrons. The van der Waals surface area contributed by atoms with Gasteiger partial charge in [0.15, 0.2) is 0 Å². The number of likely N-dealkylation sites (tertiary alicyclic amines) is 1. The van der Waals surface area contributed by atoms with Gasteiger partial charge in [-0.25, -0.2) is 0 Å². The van der Waals surface area contributed by atoms with E-state index in [0.29, 0.717) is 25.5 Å². The van der Waals surface area contributed by atoms with Crippen LogP contribution in [0.3, 0.4) is 0 Å². The van der Waals surface area contributed by atoms with Crippen molar-refractivity contribution in [2.45, 2.75) is 84.1 Å². The average Bonchev–Trinajstić information content (AvgIpc) is 2.95. The number of halogens is 3. The Bertz CT molecular complexity index is 1750. The highest BCUT2D eigenvalue weighted by molar-refractivity contribution is 5.98. The molecule has 1 saturated heterocycles. The van der Waals surface area contributed by atoms with E-state index in [1.165, 1.54) is 4.90 Å². The van der Waals surface area contributed by atoms with Crippen LogP contribution < -0.4 is 0 Å². The fourth-order valence-electron chi connectivity index (χ4n) is 3.49. The molecule has 2 aliphatic rings. The van der Waals surface area contributed by atoms with E-state index in [2.05, 4.69) is 5.16 Å². The first kappa shape index (κ1) is 11.0. The molecule has 0 spiro atoms. The van der Waals surface area contributed by atoms with Gasteiger partial charge in [0.1, 0.15) is 6.61 Å². The van der Waals surface area contributed by atoms with Crippen LogP contribution in [0, 0.1) is 5.89 Å². The maximum absolute atomic E-state index is 14.6. The maximum atomic E-state index is 14.6. The number of nitrogens with zero attached hydrogens (tertiary/aromatic N) is 2. The molecule has 35 heavy (non-hydrogen) atoms. The summed E-state index contributed by atoms with van der Waals surface area (Å²) < 4.78 is 200. The summed E-state index contributed by atoms with van der Waals surface area (Å²) in [5, 5.41) is 3.57. The molecule has 1 saturated carbocycles. The highest BCUT2D eigenvalue weighted by Crippen LogP contribution is 2.42. The standard InChI is InChI=1S/C29H37F3N2O/c1-4-23-17-25(11-12-26(23)18-34-14-5-15-34)21(3)33-35-19-22-8-13-27(28(16-22)29(30,31)32)24-9-6-20(2)7-10-24/h8,11-13,16-17,20,24H,4-7,9-10,14-15,18-19H2,1-3H3/b33-21+/i1D3,3D3,4D2,6D2,7D2,9D2,10D2,18D2,20D. The number of hydrogen-bond acceptors (Lipinski definition) is 3. The van der Waals surface area contributed by atoms with Crippen LogP contribution >= 0.6 is 0 Å². The summed E-state index contributed by atoms with van der Waals surface area (Å²) in [7, 11) is 0. The predicted octanol–water partition coefficient (Wildman–Crippen LogP) is 7.71. The minimum absolute atomic E-state index is 0.285. The molecule has 1 aliphatic carbocycles. The molecule has 1 heterocycles. The first-order chi connectivity index (χ1) is 24.0. The van der Waals surface area contributed by atoms with Gasteiger partial charge >= 0.3 is 6.18 Å². The molecule has 190 valence electrons. The third-order valence-electron chi connectivity index (χ3n) is 5.49. The Hall–Kier alpha value is -2.34. The van der Waals surface area contributed by atoms with Crippen molar-refractivity contribution in [1.29, 1.82) is 0 Å². The minimum atomic E-state index is -5.35. The third kappa shape index (κ3) is 6.46. The van der Waals surface area contributed by atoms with Gasteiger partial charge in [0, 0.05) is 32.5 Å². The summed E-state index contributed by atoms with van der Waals surface area (Å²) in [6.45, 7) is -8.57. The Morgan fingerprint density at radius 1 is 1.17 bits per heavy atom. The first-order valence-corrected chi connectivity index (χ1v) is 10.8. The molecule has 6 heteroatoms. The molecule has 2 aromatic carbocycles. The number of aryl methyl sites for hydroxylation is 1. The zero-order valence-corrected chi connectivity index (χ0v) is 18.8. The lowest BCUT2D eigenvalue weighted by Crippen LogP contribution is -2.36. The molecule has 0 bridgehead atoms. The SMILES string of the molecule is [2H]C([2H])([2H])/C(=N\OCc1ccc(C2C([2H])([2H])C([2H])([2H])C([2H])(C)C([2H])([2H])C2([2H])[2H])c(C(F)(F)F)c1)c1ccc(C([2H])([2H])N2CCC2)c(C([2H])([2H])C([2H])([2H])[2H])c1. The predicted molar refractivity (Wildman–Crippen MR) is 135 cm³/mol. The molecule has 4 rings (SSSR count). The van der Waals surface area contributed by atoms with Crippen molar-refractivity contribution in [1.82, 2.24) is 4.90 Å². The van der Waals surface area contributed by atoms with Crippen LogP contribution in [0.1, 0.15) is 118 Å². The molecular formula is C29H37F3N2O. The normalized spacial score (nSPS) is 39.0. The quantitative estimate of drug-likeness (QED) is 0.271. The summed E-state index contributed by atoms with van der Waals surface area (Å²) in [5.74, 6) is -5.81. The number of oxime groups is 1.